The van der Waals surface area contributed by atoms with Crippen LogP contribution in [0.3, 0.4) is 0 Å². The Morgan fingerprint density at radius 1 is 1.26 bits per heavy atom. The van der Waals surface area contributed by atoms with E-state index >= 15 is 4.39 Å². The lowest BCUT2D eigenvalue weighted by atomic mass is 9.81. The van der Waals surface area contributed by atoms with Gasteiger partial charge in [0.15, 0.2) is 11.6 Å². The van der Waals surface area contributed by atoms with Crippen LogP contribution in [0.25, 0.3) is 0 Å². The number of anilines is 1. The van der Waals surface area contributed by atoms with Crippen molar-refractivity contribution in [3.05, 3.63) is 64.4 Å². The zero-order chi connectivity index (χ0) is 22.8. The van der Waals surface area contributed by atoms with Gasteiger partial charge in [0.2, 0.25) is 0 Å². The number of amides is 1. The molecule has 2 heterocycles. The molecule has 0 bridgehead atoms. The standard InChI is InChI=1S/C25H34FN3O2/c1-5-6-10-20-21(23(27)31)18(3)22(26)24(28-14-12-25(4,16-30)13-15-28)29(20)19-11-8-7-9-17(19)2/h7-11,30H,5-6,12-16H2,1-4H3,(H2,27,31)/b20-10+. The molecule has 1 fully saturated rings. The largest absolute Gasteiger partial charge is 0.396 e. The number of aliphatic hydroxyl groups excluding tert-OH is 1. The highest BCUT2D eigenvalue weighted by Gasteiger charge is 2.39. The first-order valence-corrected chi connectivity index (χ1v) is 11.1. The van der Waals surface area contributed by atoms with Crippen molar-refractivity contribution in [2.45, 2.75) is 53.4 Å². The van der Waals surface area contributed by atoms with E-state index in [1.54, 1.807) is 6.92 Å². The maximum absolute atomic E-state index is 15.9. The number of benzene rings is 1. The monoisotopic (exact) mass is 427 g/mol. The normalized spacial score (nSPS) is 20.6. The molecule has 31 heavy (non-hydrogen) atoms. The second-order valence-electron chi connectivity index (χ2n) is 8.96. The first kappa shape index (κ1) is 23.1. The van der Waals surface area contributed by atoms with E-state index in [4.69, 9.17) is 5.73 Å². The molecule has 6 heteroatoms. The Morgan fingerprint density at radius 3 is 2.45 bits per heavy atom. The van der Waals surface area contributed by atoms with Crippen molar-refractivity contribution in [1.82, 2.24) is 4.90 Å². The Labute approximate surface area is 184 Å². The second kappa shape index (κ2) is 9.27. The van der Waals surface area contributed by atoms with Gasteiger partial charge in [-0.25, -0.2) is 4.39 Å². The summed E-state index contributed by atoms with van der Waals surface area (Å²) in [5.41, 5.74) is 8.56. The van der Waals surface area contributed by atoms with E-state index in [1.165, 1.54) is 0 Å². The van der Waals surface area contributed by atoms with Gasteiger partial charge >= 0.3 is 0 Å². The molecule has 0 unspecified atom stereocenters. The molecule has 0 aromatic heterocycles. The Balaban J connectivity index is 2.21. The molecule has 3 N–H and O–H groups in total. The third-order valence-electron chi connectivity index (χ3n) is 6.49. The predicted octanol–water partition coefficient (Wildman–Crippen LogP) is 4.53. The average Bonchev–Trinajstić information content (AvgIpc) is 2.75. The summed E-state index contributed by atoms with van der Waals surface area (Å²) in [5.74, 6) is -0.586. The van der Waals surface area contributed by atoms with Crippen molar-refractivity contribution in [3.63, 3.8) is 0 Å². The number of carbonyl (C=O) groups excluding carboxylic acids is 1. The molecule has 1 aromatic carbocycles. The lowest BCUT2D eigenvalue weighted by molar-refractivity contribution is -0.114. The van der Waals surface area contributed by atoms with Crippen molar-refractivity contribution in [2.75, 3.05) is 24.6 Å². The molecule has 1 amide bonds. The average molecular weight is 428 g/mol. The van der Waals surface area contributed by atoms with Gasteiger partial charge in [-0.3, -0.25) is 9.69 Å². The van der Waals surface area contributed by atoms with Gasteiger partial charge in [-0.15, -0.1) is 0 Å². The molecule has 168 valence electrons. The molecule has 0 atom stereocenters. The molecule has 0 saturated carbocycles. The third kappa shape index (κ3) is 4.40. The topological polar surface area (TPSA) is 69.8 Å². The van der Waals surface area contributed by atoms with E-state index in [-0.39, 0.29) is 23.2 Å². The van der Waals surface area contributed by atoms with Gasteiger partial charge in [0, 0.05) is 25.3 Å². The summed E-state index contributed by atoms with van der Waals surface area (Å²) in [6.45, 7) is 9.12. The Hall–Kier alpha value is -2.60. The molecule has 5 nitrogen and oxygen atoms in total. The molecule has 0 radical (unpaired) electrons. The van der Waals surface area contributed by atoms with Gasteiger partial charge in [0.25, 0.3) is 5.91 Å². The van der Waals surface area contributed by atoms with Gasteiger partial charge in [0.05, 0.1) is 17.0 Å². The fraction of sp³-hybridized carbons (Fsp3) is 0.480. The van der Waals surface area contributed by atoms with Crippen molar-refractivity contribution in [3.8, 4) is 0 Å². The minimum absolute atomic E-state index is 0.121. The number of piperidine rings is 1. The molecule has 0 spiro atoms. The number of primary amides is 1. The molecule has 2 aliphatic rings. The minimum Gasteiger partial charge on any atom is -0.396 e. The number of carbonyl (C=O) groups is 1. The van der Waals surface area contributed by atoms with Gasteiger partial charge < -0.3 is 15.7 Å². The third-order valence-corrected chi connectivity index (χ3v) is 6.49. The maximum atomic E-state index is 15.9. The quantitative estimate of drug-likeness (QED) is 0.700. The number of hydrogen-bond acceptors (Lipinski definition) is 4. The highest BCUT2D eigenvalue weighted by atomic mass is 19.1. The number of hydrogen-bond donors (Lipinski definition) is 2. The summed E-state index contributed by atoms with van der Waals surface area (Å²) in [6.07, 6.45) is 5.17. The first-order chi connectivity index (χ1) is 14.7. The van der Waals surface area contributed by atoms with Crippen LogP contribution in [0.2, 0.25) is 0 Å². The summed E-state index contributed by atoms with van der Waals surface area (Å²) in [5, 5.41) is 9.76. The zero-order valence-electron chi connectivity index (χ0n) is 19.0. The number of halogens is 1. The van der Waals surface area contributed by atoms with Crippen LogP contribution in [0, 0.1) is 12.3 Å². The smallest absolute Gasteiger partial charge is 0.251 e. The molecule has 3 rings (SSSR count). The number of likely N-dealkylation sites (tertiary alicyclic amines) is 1. The summed E-state index contributed by atoms with van der Waals surface area (Å²) in [7, 11) is 0. The van der Waals surface area contributed by atoms with E-state index in [9.17, 15) is 9.90 Å². The van der Waals surface area contributed by atoms with E-state index in [0.717, 1.165) is 36.9 Å². The van der Waals surface area contributed by atoms with Gasteiger partial charge in [-0.05, 0) is 50.2 Å². The van der Waals surface area contributed by atoms with Crippen LogP contribution >= 0.6 is 0 Å². The Kier molecular flexibility index (Phi) is 6.90. The van der Waals surface area contributed by atoms with Gasteiger partial charge in [-0.2, -0.15) is 0 Å². The van der Waals surface area contributed by atoms with E-state index in [0.29, 0.717) is 24.6 Å². The Bertz CT molecular complexity index is 940. The lowest BCUT2D eigenvalue weighted by Crippen LogP contribution is -2.46. The molecular formula is C25H34FN3O2. The summed E-state index contributed by atoms with van der Waals surface area (Å²) < 4.78 is 15.9. The number of nitrogens with zero attached hydrogens (tertiary/aromatic N) is 2. The summed E-state index contributed by atoms with van der Waals surface area (Å²) in [6, 6.07) is 7.80. The second-order valence-corrected chi connectivity index (χ2v) is 8.96. The van der Waals surface area contributed by atoms with Gasteiger partial charge in [-0.1, -0.05) is 44.5 Å². The first-order valence-electron chi connectivity index (χ1n) is 11.1. The molecule has 1 saturated heterocycles. The fourth-order valence-corrected chi connectivity index (χ4v) is 4.33. The SMILES string of the molecule is CCC/C=C1\C(C(N)=O)=C(C)C(F)=C(N2CCC(C)(CO)CC2)N1c1ccccc1C. The van der Waals surface area contributed by atoms with E-state index in [1.807, 2.05) is 47.1 Å². The van der Waals surface area contributed by atoms with Crippen LogP contribution in [0.5, 0.6) is 0 Å². The number of unbranched alkanes of at least 4 members (excludes halogenated alkanes) is 1. The molecular weight excluding hydrogens is 393 g/mol. The van der Waals surface area contributed by atoms with Crippen LogP contribution in [-0.2, 0) is 4.79 Å². The molecule has 0 aliphatic carbocycles. The lowest BCUT2D eigenvalue weighted by Gasteiger charge is -2.45. The molecule has 1 aromatic rings. The number of aliphatic hydroxyl groups is 1. The number of allylic oxidation sites excluding steroid dienone is 3. The van der Waals surface area contributed by atoms with Crippen LogP contribution in [0.1, 0.15) is 52.0 Å². The van der Waals surface area contributed by atoms with Crippen molar-refractivity contribution in [2.24, 2.45) is 11.1 Å². The minimum atomic E-state index is -0.626. The van der Waals surface area contributed by atoms with Crippen LogP contribution in [-0.4, -0.2) is 35.6 Å². The maximum Gasteiger partial charge on any atom is 0.251 e. The Morgan fingerprint density at radius 2 is 1.90 bits per heavy atom. The van der Waals surface area contributed by atoms with Gasteiger partial charge in [0.1, 0.15) is 0 Å². The number of nitrogens with two attached hydrogens (primary N) is 1. The fourth-order valence-electron chi connectivity index (χ4n) is 4.33. The highest BCUT2D eigenvalue weighted by Crippen LogP contribution is 2.43. The van der Waals surface area contributed by atoms with E-state index in [2.05, 4.69) is 13.8 Å². The highest BCUT2D eigenvalue weighted by molar-refractivity contribution is 6.00. The van der Waals surface area contributed by atoms with Crippen LogP contribution in [0.4, 0.5) is 10.1 Å². The number of aryl methyl sites for hydroxylation is 1. The number of para-hydroxylation sites is 1. The number of rotatable bonds is 6. The van der Waals surface area contributed by atoms with Crippen LogP contribution in [0.15, 0.2) is 58.8 Å². The van der Waals surface area contributed by atoms with Crippen LogP contribution < -0.4 is 10.6 Å². The summed E-state index contributed by atoms with van der Waals surface area (Å²) in [4.78, 5) is 16.3. The van der Waals surface area contributed by atoms with Crippen molar-refractivity contribution in [1.29, 1.82) is 0 Å². The summed E-state index contributed by atoms with van der Waals surface area (Å²) >= 11 is 0. The zero-order valence-corrected chi connectivity index (χ0v) is 19.0. The van der Waals surface area contributed by atoms with Crippen molar-refractivity contribution < 1.29 is 14.3 Å². The molecule has 2 aliphatic heterocycles. The predicted molar refractivity (Wildman–Crippen MR) is 123 cm³/mol. The van der Waals surface area contributed by atoms with Crippen molar-refractivity contribution >= 4 is 11.6 Å². The van der Waals surface area contributed by atoms with E-state index < -0.39 is 11.7 Å².